The summed E-state index contributed by atoms with van der Waals surface area (Å²) in [6.45, 7) is 0. The van der Waals surface area contributed by atoms with E-state index in [4.69, 9.17) is 0 Å². The van der Waals surface area contributed by atoms with E-state index in [-0.39, 0.29) is 16.7 Å². The number of nitrogens with zero attached hydrogens (tertiary/aromatic N) is 8. The molecule has 0 saturated carbocycles. The fraction of sp³-hybridized carbons (Fsp3) is 0.0213. The normalized spacial score (nSPS) is 11.7. The van der Waals surface area contributed by atoms with Gasteiger partial charge in [-0.2, -0.15) is 23.7 Å². The molecule has 0 fully saturated rings. The highest BCUT2D eigenvalue weighted by Crippen LogP contribution is 2.44. The van der Waals surface area contributed by atoms with Crippen molar-refractivity contribution in [3.63, 3.8) is 0 Å². The van der Waals surface area contributed by atoms with Crippen molar-refractivity contribution >= 4 is 43.6 Å². The van der Waals surface area contributed by atoms with Gasteiger partial charge in [0.25, 0.3) is 0 Å². The Labute approximate surface area is 328 Å². The highest BCUT2D eigenvalue weighted by Gasteiger charge is 2.32. The molecular formula is C47H25F3N8. The maximum absolute atomic E-state index is 14.5. The Bertz CT molecular complexity index is 3360. The Hall–Kier alpha value is -8.15. The molecule has 6 aromatic carbocycles. The summed E-state index contributed by atoms with van der Waals surface area (Å²) in [5, 5.41) is 25.0. The number of fused-ring (bicyclic) bond motifs is 6. The lowest BCUT2D eigenvalue weighted by Gasteiger charge is -2.21. The van der Waals surface area contributed by atoms with E-state index in [2.05, 4.69) is 26.0 Å². The first-order valence-corrected chi connectivity index (χ1v) is 18.1. The first kappa shape index (κ1) is 34.3. The van der Waals surface area contributed by atoms with E-state index < -0.39 is 11.7 Å². The second-order valence-electron chi connectivity index (χ2n) is 13.7. The molecular weight excluding hydrogens is 734 g/mol. The fourth-order valence-corrected chi connectivity index (χ4v) is 7.97. The summed E-state index contributed by atoms with van der Waals surface area (Å²) in [4.78, 5) is 17.9. The number of para-hydroxylation sites is 2. The summed E-state index contributed by atoms with van der Waals surface area (Å²) in [5.74, 6) is 1.01. The van der Waals surface area contributed by atoms with Crippen molar-refractivity contribution in [1.29, 1.82) is 10.5 Å². The molecule has 8 nitrogen and oxygen atoms in total. The van der Waals surface area contributed by atoms with Gasteiger partial charge in [-0.3, -0.25) is 0 Å². The third-order valence-corrected chi connectivity index (χ3v) is 10.4. The first-order valence-electron chi connectivity index (χ1n) is 18.1. The van der Waals surface area contributed by atoms with Gasteiger partial charge in [0.15, 0.2) is 11.6 Å². The molecule has 0 aliphatic carbocycles. The Morgan fingerprint density at radius 1 is 0.483 bits per heavy atom. The van der Waals surface area contributed by atoms with E-state index in [1.807, 2.05) is 100 Å². The molecule has 0 bridgehead atoms. The van der Waals surface area contributed by atoms with Gasteiger partial charge < -0.3 is 9.13 Å². The Morgan fingerprint density at radius 2 is 1.02 bits per heavy atom. The van der Waals surface area contributed by atoms with Crippen LogP contribution in [0.3, 0.4) is 0 Å². The minimum absolute atomic E-state index is 0.128. The van der Waals surface area contributed by atoms with E-state index in [9.17, 15) is 23.7 Å². The quantitative estimate of drug-likeness (QED) is 0.173. The summed E-state index contributed by atoms with van der Waals surface area (Å²) in [7, 11) is 0. The zero-order valence-corrected chi connectivity index (χ0v) is 30.1. The van der Waals surface area contributed by atoms with Crippen LogP contribution in [-0.2, 0) is 6.18 Å². The van der Waals surface area contributed by atoms with Gasteiger partial charge in [0.2, 0.25) is 0 Å². The minimum Gasteiger partial charge on any atom is -0.308 e. The van der Waals surface area contributed by atoms with E-state index >= 15 is 0 Å². The molecule has 10 aromatic rings. The van der Waals surface area contributed by atoms with Gasteiger partial charge in [-0.15, -0.1) is 0 Å². The number of benzene rings is 6. The second kappa shape index (κ2) is 13.3. The molecule has 0 unspecified atom stereocenters. The van der Waals surface area contributed by atoms with Crippen LogP contribution in [-0.4, -0.2) is 29.1 Å². The average molecular weight is 759 g/mol. The summed E-state index contributed by atoms with van der Waals surface area (Å²) < 4.78 is 47.3. The monoisotopic (exact) mass is 758 g/mol. The van der Waals surface area contributed by atoms with Gasteiger partial charge in [0.1, 0.15) is 11.6 Å². The molecule has 0 aliphatic rings. The third-order valence-electron chi connectivity index (χ3n) is 10.4. The molecule has 274 valence electrons. The molecule has 0 amide bonds. The van der Waals surface area contributed by atoms with Crippen LogP contribution in [0.2, 0.25) is 0 Å². The van der Waals surface area contributed by atoms with Crippen molar-refractivity contribution in [3.05, 3.63) is 169 Å². The lowest BCUT2D eigenvalue weighted by atomic mass is 9.95. The van der Waals surface area contributed by atoms with E-state index in [0.717, 1.165) is 55.8 Å². The van der Waals surface area contributed by atoms with Crippen molar-refractivity contribution in [2.75, 3.05) is 0 Å². The molecule has 0 spiro atoms. The van der Waals surface area contributed by atoms with Gasteiger partial charge in [0.05, 0.1) is 50.6 Å². The number of nitriles is 2. The second-order valence-corrected chi connectivity index (χ2v) is 13.7. The molecule has 4 aromatic heterocycles. The topological polar surface area (TPSA) is 109 Å². The van der Waals surface area contributed by atoms with Gasteiger partial charge in [-0.1, -0.05) is 66.7 Å². The zero-order chi connectivity index (χ0) is 39.5. The third kappa shape index (κ3) is 5.45. The van der Waals surface area contributed by atoms with Crippen molar-refractivity contribution in [3.8, 4) is 57.4 Å². The van der Waals surface area contributed by atoms with Crippen molar-refractivity contribution in [2.45, 2.75) is 6.18 Å². The van der Waals surface area contributed by atoms with Crippen molar-refractivity contribution in [1.82, 2.24) is 29.1 Å². The first-order chi connectivity index (χ1) is 28.3. The van der Waals surface area contributed by atoms with Crippen LogP contribution in [0.1, 0.15) is 16.7 Å². The molecule has 0 saturated heterocycles. The highest BCUT2D eigenvalue weighted by atomic mass is 19.4. The molecule has 0 N–H and O–H groups in total. The number of halogens is 3. The minimum atomic E-state index is -4.74. The molecule has 0 atom stereocenters. The summed E-state index contributed by atoms with van der Waals surface area (Å²) in [5.41, 5.74) is 4.81. The number of aromatic nitrogens is 6. The predicted molar refractivity (Wildman–Crippen MR) is 217 cm³/mol. The van der Waals surface area contributed by atoms with Crippen LogP contribution >= 0.6 is 0 Å². The van der Waals surface area contributed by atoms with E-state index in [0.29, 0.717) is 39.7 Å². The van der Waals surface area contributed by atoms with Gasteiger partial charge in [-0.25, -0.2) is 19.9 Å². The van der Waals surface area contributed by atoms with E-state index in [1.54, 1.807) is 49.1 Å². The lowest BCUT2D eigenvalue weighted by molar-refractivity contribution is -0.137. The number of alkyl halides is 3. The predicted octanol–water partition coefficient (Wildman–Crippen LogP) is 11.2. The van der Waals surface area contributed by atoms with Crippen LogP contribution in [0, 0.1) is 22.7 Å². The molecule has 4 heterocycles. The standard InChI is InChI=1S/C47H25F3N8/c48-47(49,50)32-22-28(26-51)21-31(23-32)33-15-16-41(57-39-9-3-1-7-34(39)36-13-11-29(24-42(36)57)45-53-17-5-18-54-45)38(27-52)44(33)58-40-10-4-2-8-35(40)37-14-12-30(25-43(37)58)46-55-19-6-20-56-46/h1-25H. The molecule has 58 heavy (non-hydrogen) atoms. The summed E-state index contributed by atoms with van der Waals surface area (Å²) in [6.07, 6.45) is 1.92. The van der Waals surface area contributed by atoms with Gasteiger partial charge in [-0.05, 0) is 66.2 Å². The lowest BCUT2D eigenvalue weighted by Crippen LogP contribution is -2.08. The van der Waals surface area contributed by atoms with Crippen LogP contribution < -0.4 is 0 Å². The zero-order valence-electron chi connectivity index (χ0n) is 30.1. The summed E-state index contributed by atoms with van der Waals surface area (Å²) in [6, 6.07) is 42.0. The van der Waals surface area contributed by atoms with Crippen molar-refractivity contribution < 1.29 is 13.2 Å². The molecule has 11 heteroatoms. The summed E-state index contributed by atoms with van der Waals surface area (Å²) >= 11 is 0. The average Bonchev–Trinajstić information content (AvgIpc) is 3.77. The van der Waals surface area contributed by atoms with Crippen molar-refractivity contribution in [2.24, 2.45) is 0 Å². The van der Waals surface area contributed by atoms with Crippen LogP contribution in [0.4, 0.5) is 13.2 Å². The Balaban J connectivity index is 1.37. The Morgan fingerprint density at radius 3 is 1.57 bits per heavy atom. The SMILES string of the molecule is N#Cc1cc(-c2ccc(-n3c4ccccc4c4ccc(-c5ncccn5)cc43)c(C#N)c2-n2c3ccccc3c3ccc(-c4ncccn4)cc32)cc(C(F)(F)F)c1. The number of rotatable bonds is 5. The maximum atomic E-state index is 14.5. The molecule has 10 rings (SSSR count). The van der Waals surface area contributed by atoms with Crippen LogP contribution in [0.5, 0.6) is 0 Å². The van der Waals surface area contributed by atoms with Crippen LogP contribution in [0.25, 0.3) is 88.9 Å². The van der Waals surface area contributed by atoms with Crippen LogP contribution in [0.15, 0.2) is 152 Å². The number of hydrogen-bond donors (Lipinski definition) is 0. The maximum Gasteiger partial charge on any atom is 0.416 e. The molecule has 0 radical (unpaired) electrons. The highest BCUT2D eigenvalue weighted by molar-refractivity contribution is 6.12. The molecule has 0 aliphatic heterocycles. The number of hydrogen-bond acceptors (Lipinski definition) is 6. The fourth-order valence-electron chi connectivity index (χ4n) is 7.97. The largest absolute Gasteiger partial charge is 0.416 e. The Kier molecular flexibility index (Phi) is 7.85. The van der Waals surface area contributed by atoms with Gasteiger partial charge >= 0.3 is 6.18 Å². The smallest absolute Gasteiger partial charge is 0.308 e. The van der Waals surface area contributed by atoms with E-state index in [1.165, 1.54) is 6.07 Å². The van der Waals surface area contributed by atoms with Gasteiger partial charge in [0, 0.05) is 63.0 Å².